The smallest absolute Gasteiger partial charge is 0.179 e. The van der Waals surface area contributed by atoms with Gasteiger partial charge < -0.3 is 13.9 Å². The van der Waals surface area contributed by atoms with E-state index in [0.717, 1.165) is 22.7 Å². The number of fused-ring (bicyclic) bond motifs is 9. The molecule has 0 unspecified atom stereocenters. The van der Waals surface area contributed by atoms with Crippen molar-refractivity contribution in [3.8, 4) is 27.9 Å². The molecular weight excluding hydrogens is 935 g/mol. The Morgan fingerprint density at radius 1 is 0.250 bits per heavy atom. The topological polar surface area (TPSA) is 12.6 Å². The Balaban J connectivity index is 0.844. The lowest BCUT2D eigenvalue weighted by molar-refractivity contribution is 1.18. The fourth-order valence-electron chi connectivity index (χ4n) is 12.6. The van der Waals surface area contributed by atoms with E-state index >= 15 is 0 Å². The third-order valence-electron chi connectivity index (χ3n) is 16.0. The van der Waals surface area contributed by atoms with Crippen LogP contribution in [0.5, 0.6) is 0 Å². The number of nitrogens with zero attached hydrogens (tertiary/aromatic N) is 3. The van der Waals surface area contributed by atoms with E-state index in [4.69, 9.17) is 0 Å². The molecule has 0 saturated carbocycles. The number of benzene rings is 12. The first-order valence-electron chi connectivity index (χ1n) is 26.2. The predicted molar refractivity (Wildman–Crippen MR) is 325 cm³/mol. The highest BCUT2D eigenvalue weighted by molar-refractivity contribution is 7.19. The standard InChI is InChI=1S/C72H49N3Si/c1-4-18-58(19-5-1)76(59-20-6-2-7-21-59,60-22-8-3-9-23-60)61-46-44-56(45-47-61)73(54-38-32-50(33-39-54)51-34-42-57(43-35-51)74-68-28-14-10-24-62(68)63-25-11-15-29-69(63)74)55-40-36-52(37-41-55)53-48-66-64-26-12-16-30-70(64)75-71-31-17-13-27-65(71)67(49-53)72(66)75/h1-49H. The first-order chi connectivity index (χ1) is 37.7. The van der Waals surface area contributed by atoms with Crippen molar-refractivity contribution in [3.63, 3.8) is 0 Å². The Kier molecular flexibility index (Phi) is 10.2. The molecule has 0 aliphatic carbocycles. The predicted octanol–water partition coefficient (Wildman–Crippen LogP) is 16.1. The van der Waals surface area contributed by atoms with Crippen molar-refractivity contribution in [1.82, 2.24) is 8.97 Å². The van der Waals surface area contributed by atoms with E-state index < -0.39 is 8.07 Å². The summed E-state index contributed by atoms with van der Waals surface area (Å²) >= 11 is 0. The zero-order valence-electron chi connectivity index (χ0n) is 41.6. The third kappa shape index (κ3) is 6.81. The Bertz CT molecular complexity index is 4350. The van der Waals surface area contributed by atoms with Gasteiger partial charge in [0.1, 0.15) is 0 Å². The molecule has 0 bridgehead atoms. The molecule has 0 N–H and O–H groups in total. The summed E-state index contributed by atoms with van der Waals surface area (Å²) in [5.74, 6) is 0. The number of hydrogen-bond acceptors (Lipinski definition) is 1. The second-order valence-corrected chi connectivity index (χ2v) is 23.8. The summed E-state index contributed by atoms with van der Waals surface area (Å²) in [4.78, 5) is 2.41. The van der Waals surface area contributed by atoms with Crippen LogP contribution in [0.15, 0.2) is 297 Å². The summed E-state index contributed by atoms with van der Waals surface area (Å²) in [7, 11) is -2.74. The summed E-state index contributed by atoms with van der Waals surface area (Å²) in [6.07, 6.45) is 0. The molecule has 15 rings (SSSR count). The third-order valence-corrected chi connectivity index (χ3v) is 20.8. The number of para-hydroxylation sites is 4. The Morgan fingerprint density at radius 3 is 0.987 bits per heavy atom. The first kappa shape index (κ1) is 43.8. The average Bonchev–Trinajstić information content (AvgIpc) is 4.15. The van der Waals surface area contributed by atoms with Crippen molar-refractivity contribution in [2.24, 2.45) is 0 Å². The van der Waals surface area contributed by atoms with Gasteiger partial charge in [-0.2, -0.15) is 0 Å². The molecular formula is C72H49N3Si. The molecule has 0 aliphatic heterocycles. The fraction of sp³-hybridized carbons (Fsp3) is 0. The van der Waals surface area contributed by atoms with Gasteiger partial charge >= 0.3 is 0 Å². The van der Waals surface area contributed by atoms with Gasteiger partial charge in [-0.1, -0.05) is 212 Å². The van der Waals surface area contributed by atoms with E-state index in [1.807, 2.05) is 0 Å². The Labute approximate surface area is 442 Å². The second-order valence-electron chi connectivity index (χ2n) is 20.0. The second kappa shape index (κ2) is 17.7. The maximum Gasteiger partial charge on any atom is 0.179 e. The van der Waals surface area contributed by atoms with Gasteiger partial charge in [-0.15, -0.1) is 0 Å². The van der Waals surface area contributed by atoms with E-state index in [1.54, 1.807) is 0 Å². The lowest BCUT2D eigenvalue weighted by atomic mass is 9.99. The highest BCUT2D eigenvalue weighted by Gasteiger charge is 2.41. The molecule has 12 aromatic carbocycles. The van der Waals surface area contributed by atoms with Crippen LogP contribution in [0.3, 0.4) is 0 Å². The zero-order chi connectivity index (χ0) is 50.2. The van der Waals surface area contributed by atoms with Crippen LogP contribution in [0.4, 0.5) is 17.1 Å². The Hall–Kier alpha value is -9.74. The number of rotatable bonds is 10. The van der Waals surface area contributed by atoms with Gasteiger partial charge in [0.2, 0.25) is 0 Å². The molecule has 3 nitrogen and oxygen atoms in total. The quantitative estimate of drug-likeness (QED) is 0.0983. The van der Waals surface area contributed by atoms with Gasteiger partial charge in [-0.25, -0.2) is 0 Å². The molecule has 3 aromatic heterocycles. The highest BCUT2D eigenvalue weighted by atomic mass is 28.3. The van der Waals surface area contributed by atoms with E-state index in [9.17, 15) is 0 Å². The minimum absolute atomic E-state index is 1.09. The molecule has 15 aromatic rings. The first-order valence-corrected chi connectivity index (χ1v) is 28.2. The number of aromatic nitrogens is 2. The van der Waals surface area contributed by atoms with E-state index in [1.165, 1.54) is 103 Å². The normalized spacial score (nSPS) is 11.9. The maximum absolute atomic E-state index is 2.74. The fourth-order valence-corrected chi connectivity index (χ4v) is 17.3. The van der Waals surface area contributed by atoms with E-state index in [2.05, 4.69) is 311 Å². The molecule has 3 heterocycles. The van der Waals surface area contributed by atoms with Crippen LogP contribution in [0, 0.1) is 0 Å². The van der Waals surface area contributed by atoms with Crippen LogP contribution in [0.2, 0.25) is 0 Å². The number of hydrogen-bond donors (Lipinski definition) is 0. The van der Waals surface area contributed by atoms with Crippen molar-refractivity contribution in [1.29, 1.82) is 0 Å². The van der Waals surface area contributed by atoms with Gasteiger partial charge in [-0.05, 0) is 128 Å². The summed E-state index contributed by atoms with van der Waals surface area (Å²) in [5.41, 5.74) is 15.4. The van der Waals surface area contributed by atoms with Crippen LogP contribution in [0.25, 0.3) is 87.8 Å². The van der Waals surface area contributed by atoms with Crippen LogP contribution in [-0.4, -0.2) is 17.0 Å². The molecule has 0 radical (unpaired) electrons. The molecule has 0 fully saturated rings. The van der Waals surface area contributed by atoms with E-state index in [0.29, 0.717) is 0 Å². The minimum Gasteiger partial charge on any atom is -0.311 e. The van der Waals surface area contributed by atoms with Crippen molar-refractivity contribution < 1.29 is 0 Å². The number of anilines is 3. The molecule has 76 heavy (non-hydrogen) atoms. The minimum atomic E-state index is -2.74. The van der Waals surface area contributed by atoms with Crippen molar-refractivity contribution in [2.45, 2.75) is 0 Å². The van der Waals surface area contributed by atoms with Gasteiger partial charge in [-0.3, -0.25) is 0 Å². The van der Waals surface area contributed by atoms with Gasteiger partial charge in [0.25, 0.3) is 0 Å². The monoisotopic (exact) mass is 983 g/mol. The molecule has 4 heteroatoms. The summed E-state index contributed by atoms with van der Waals surface area (Å²) in [5, 5.41) is 13.1. The lowest BCUT2D eigenvalue weighted by Gasteiger charge is -2.35. The van der Waals surface area contributed by atoms with Crippen LogP contribution >= 0.6 is 0 Å². The van der Waals surface area contributed by atoms with Crippen LogP contribution < -0.4 is 25.6 Å². The van der Waals surface area contributed by atoms with Crippen molar-refractivity contribution in [3.05, 3.63) is 297 Å². The Morgan fingerprint density at radius 2 is 0.566 bits per heavy atom. The maximum atomic E-state index is 2.45. The SMILES string of the molecule is c1ccc([Si](c2ccccc2)(c2ccccc2)c2ccc(N(c3ccc(-c4ccc(-n5c6ccccc6c6ccccc65)cc4)cc3)c3ccc(-c4cc5c6ccccc6n6c7ccccc7c(c4)c56)cc3)cc2)cc1. The summed E-state index contributed by atoms with van der Waals surface area (Å²) < 4.78 is 4.83. The molecule has 0 aliphatic rings. The summed E-state index contributed by atoms with van der Waals surface area (Å²) in [6.45, 7) is 0. The molecule has 0 atom stereocenters. The van der Waals surface area contributed by atoms with Crippen LogP contribution in [-0.2, 0) is 0 Å². The molecule has 0 saturated heterocycles. The van der Waals surface area contributed by atoms with Gasteiger partial charge in [0.05, 0.1) is 27.6 Å². The van der Waals surface area contributed by atoms with Gasteiger partial charge in [0, 0.05) is 55.1 Å². The van der Waals surface area contributed by atoms with Crippen molar-refractivity contribution >= 4 is 106 Å². The van der Waals surface area contributed by atoms with Crippen LogP contribution in [0.1, 0.15) is 0 Å². The highest BCUT2D eigenvalue weighted by Crippen LogP contribution is 2.43. The average molecular weight is 984 g/mol. The lowest BCUT2D eigenvalue weighted by Crippen LogP contribution is -2.74. The zero-order valence-corrected chi connectivity index (χ0v) is 42.6. The molecule has 0 spiro atoms. The molecule has 0 amide bonds. The van der Waals surface area contributed by atoms with Gasteiger partial charge in [0.15, 0.2) is 8.07 Å². The largest absolute Gasteiger partial charge is 0.311 e. The van der Waals surface area contributed by atoms with E-state index in [-0.39, 0.29) is 0 Å². The molecule has 356 valence electrons. The summed E-state index contributed by atoms with van der Waals surface area (Å²) in [6, 6.07) is 110. The van der Waals surface area contributed by atoms with Crippen molar-refractivity contribution in [2.75, 3.05) is 4.90 Å².